The molecule has 2 aromatic carbocycles. The van der Waals surface area contributed by atoms with Crippen LogP contribution in [0.1, 0.15) is 51.3 Å². The number of hydrogen-bond acceptors (Lipinski definition) is 2. The number of para-hydroxylation sites is 1. The summed E-state index contributed by atoms with van der Waals surface area (Å²) in [5.41, 5.74) is 8.54. The second-order valence-corrected chi connectivity index (χ2v) is 6.19. The highest BCUT2D eigenvalue weighted by molar-refractivity contribution is 5.40. The lowest BCUT2D eigenvalue weighted by molar-refractivity contribution is 0.469. The van der Waals surface area contributed by atoms with Crippen LogP contribution >= 0.6 is 0 Å². The summed E-state index contributed by atoms with van der Waals surface area (Å²) < 4.78 is 5.99. The molecule has 0 amide bonds. The first-order valence-electron chi connectivity index (χ1n) is 7.57. The van der Waals surface area contributed by atoms with Gasteiger partial charge in [-0.1, -0.05) is 51.1 Å². The Morgan fingerprint density at radius 1 is 1.05 bits per heavy atom. The van der Waals surface area contributed by atoms with E-state index in [0.29, 0.717) is 0 Å². The molecule has 0 fully saturated rings. The summed E-state index contributed by atoms with van der Waals surface area (Å²) in [6.07, 6.45) is 1.11. The van der Waals surface area contributed by atoms with Crippen molar-refractivity contribution in [3.63, 3.8) is 0 Å². The summed E-state index contributed by atoms with van der Waals surface area (Å²) in [6, 6.07) is 16.2. The van der Waals surface area contributed by atoms with Gasteiger partial charge in [0.15, 0.2) is 0 Å². The molecule has 0 saturated carbocycles. The molecule has 2 rings (SSSR count). The molecule has 2 N–H and O–H groups in total. The van der Waals surface area contributed by atoms with E-state index in [1.165, 1.54) is 5.56 Å². The fourth-order valence-electron chi connectivity index (χ4n) is 2.25. The predicted octanol–water partition coefficient (Wildman–Crippen LogP) is 5.19. The minimum atomic E-state index is -0.0421. The Kier molecular flexibility index (Phi) is 4.69. The fourth-order valence-corrected chi connectivity index (χ4v) is 2.25. The Balaban J connectivity index is 2.22. The van der Waals surface area contributed by atoms with E-state index in [-0.39, 0.29) is 11.5 Å². The molecule has 21 heavy (non-hydrogen) atoms. The van der Waals surface area contributed by atoms with Gasteiger partial charge in [-0.15, -0.1) is 0 Å². The van der Waals surface area contributed by atoms with Crippen LogP contribution in [0.15, 0.2) is 48.5 Å². The first-order valence-corrected chi connectivity index (χ1v) is 7.57. The molecule has 0 unspecified atom stereocenters. The van der Waals surface area contributed by atoms with Crippen molar-refractivity contribution in [2.24, 2.45) is 5.73 Å². The van der Waals surface area contributed by atoms with E-state index in [1.807, 2.05) is 43.3 Å². The van der Waals surface area contributed by atoms with Gasteiger partial charge in [0.05, 0.1) is 0 Å². The van der Waals surface area contributed by atoms with E-state index in [0.717, 1.165) is 23.5 Å². The van der Waals surface area contributed by atoms with Gasteiger partial charge < -0.3 is 10.5 Å². The lowest BCUT2D eigenvalue weighted by atomic mass is 9.82. The van der Waals surface area contributed by atoms with Gasteiger partial charge in [-0.25, -0.2) is 0 Å². The molecular formula is C19H25NO. The van der Waals surface area contributed by atoms with Crippen molar-refractivity contribution < 1.29 is 4.74 Å². The highest BCUT2D eigenvalue weighted by Crippen LogP contribution is 2.31. The second kappa shape index (κ2) is 6.31. The van der Waals surface area contributed by atoms with Crippen LogP contribution in [-0.4, -0.2) is 0 Å². The Labute approximate surface area is 127 Å². The van der Waals surface area contributed by atoms with Crippen molar-refractivity contribution in [1.29, 1.82) is 0 Å². The van der Waals surface area contributed by atoms with Gasteiger partial charge in [-0.05, 0) is 42.5 Å². The van der Waals surface area contributed by atoms with Crippen LogP contribution < -0.4 is 10.5 Å². The molecule has 0 spiro atoms. The topological polar surface area (TPSA) is 35.2 Å². The van der Waals surface area contributed by atoms with E-state index in [2.05, 4.69) is 32.9 Å². The minimum absolute atomic E-state index is 0.0421. The standard InChI is InChI=1S/C19H25NO/c1-5-19(3,4)15-10-12-16(13-11-15)21-18-9-7-6-8-17(18)14(2)20/h6-14H,5,20H2,1-4H3/t14-/m0/s1. The predicted molar refractivity (Wildman–Crippen MR) is 88.9 cm³/mol. The number of hydrogen-bond donors (Lipinski definition) is 1. The van der Waals surface area contributed by atoms with Crippen LogP contribution in [0.3, 0.4) is 0 Å². The first-order chi connectivity index (χ1) is 9.94. The molecular weight excluding hydrogens is 258 g/mol. The molecule has 0 heterocycles. The molecule has 0 aliphatic rings. The largest absolute Gasteiger partial charge is 0.457 e. The highest BCUT2D eigenvalue weighted by atomic mass is 16.5. The van der Waals surface area contributed by atoms with Crippen molar-refractivity contribution in [1.82, 2.24) is 0 Å². The van der Waals surface area contributed by atoms with E-state index in [1.54, 1.807) is 0 Å². The quantitative estimate of drug-likeness (QED) is 0.820. The van der Waals surface area contributed by atoms with Gasteiger partial charge >= 0.3 is 0 Å². The van der Waals surface area contributed by atoms with Crippen LogP contribution in [-0.2, 0) is 5.41 Å². The molecule has 0 bridgehead atoms. The van der Waals surface area contributed by atoms with E-state index in [9.17, 15) is 0 Å². The van der Waals surface area contributed by atoms with Crippen LogP contribution in [0, 0.1) is 0 Å². The summed E-state index contributed by atoms with van der Waals surface area (Å²) in [5.74, 6) is 1.67. The smallest absolute Gasteiger partial charge is 0.132 e. The number of rotatable bonds is 5. The Morgan fingerprint density at radius 3 is 2.24 bits per heavy atom. The number of nitrogens with two attached hydrogens (primary N) is 1. The lowest BCUT2D eigenvalue weighted by Gasteiger charge is -2.23. The summed E-state index contributed by atoms with van der Waals surface area (Å²) in [5, 5.41) is 0. The molecule has 0 aliphatic heterocycles. The molecule has 2 heteroatoms. The fraction of sp³-hybridized carbons (Fsp3) is 0.368. The number of ether oxygens (including phenoxy) is 1. The summed E-state index contributed by atoms with van der Waals surface area (Å²) in [6.45, 7) is 8.70. The van der Waals surface area contributed by atoms with Crippen LogP contribution in [0.2, 0.25) is 0 Å². The Morgan fingerprint density at radius 2 is 1.67 bits per heavy atom. The van der Waals surface area contributed by atoms with Crippen molar-refractivity contribution in [3.05, 3.63) is 59.7 Å². The minimum Gasteiger partial charge on any atom is -0.457 e. The normalized spacial score (nSPS) is 13.0. The van der Waals surface area contributed by atoms with Crippen LogP contribution in [0.5, 0.6) is 11.5 Å². The maximum absolute atomic E-state index is 5.99. The molecule has 0 saturated heterocycles. The Hall–Kier alpha value is -1.80. The summed E-state index contributed by atoms with van der Waals surface area (Å²) in [4.78, 5) is 0. The Bertz CT molecular complexity index is 585. The second-order valence-electron chi connectivity index (χ2n) is 6.19. The maximum atomic E-state index is 5.99. The molecule has 2 aromatic rings. The van der Waals surface area contributed by atoms with Crippen molar-refractivity contribution in [3.8, 4) is 11.5 Å². The SMILES string of the molecule is CCC(C)(C)c1ccc(Oc2ccccc2[C@H](C)N)cc1. The summed E-state index contributed by atoms with van der Waals surface area (Å²) in [7, 11) is 0. The average molecular weight is 283 g/mol. The maximum Gasteiger partial charge on any atom is 0.132 e. The van der Waals surface area contributed by atoms with Crippen LogP contribution in [0.25, 0.3) is 0 Å². The first kappa shape index (κ1) is 15.6. The molecule has 0 radical (unpaired) electrons. The van der Waals surface area contributed by atoms with Gasteiger partial charge in [-0.3, -0.25) is 0 Å². The average Bonchev–Trinajstić information content (AvgIpc) is 2.48. The van der Waals surface area contributed by atoms with Gasteiger partial charge in [0.2, 0.25) is 0 Å². The zero-order valence-corrected chi connectivity index (χ0v) is 13.4. The molecule has 2 nitrogen and oxygen atoms in total. The third kappa shape index (κ3) is 3.64. The van der Waals surface area contributed by atoms with Gasteiger partial charge in [0.25, 0.3) is 0 Å². The zero-order chi connectivity index (χ0) is 15.5. The zero-order valence-electron chi connectivity index (χ0n) is 13.4. The van der Waals surface area contributed by atoms with E-state index >= 15 is 0 Å². The van der Waals surface area contributed by atoms with E-state index in [4.69, 9.17) is 10.5 Å². The van der Waals surface area contributed by atoms with Gasteiger partial charge in [0, 0.05) is 11.6 Å². The molecule has 0 aliphatic carbocycles. The number of benzene rings is 2. The van der Waals surface area contributed by atoms with Crippen molar-refractivity contribution in [2.75, 3.05) is 0 Å². The van der Waals surface area contributed by atoms with E-state index < -0.39 is 0 Å². The molecule has 0 aromatic heterocycles. The molecule has 112 valence electrons. The van der Waals surface area contributed by atoms with Gasteiger partial charge in [0.1, 0.15) is 11.5 Å². The third-order valence-corrected chi connectivity index (χ3v) is 4.16. The third-order valence-electron chi connectivity index (χ3n) is 4.16. The summed E-state index contributed by atoms with van der Waals surface area (Å²) >= 11 is 0. The lowest BCUT2D eigenvalue weighted by Crippen LogP contribution is -2.14. The van der Waals surface area contributed by atoms with Crippen molar-refractivity contribution >= 4 is 0 Å². The molecule has 1 atom stereocenters. The monoisotopic (exact) mass is 283 g/mol. The van der Waals surface area contributed by atoms with Crippen molar-refractivity contribution in [2.45, 2.75) is 45.6 Å². The van der Waals surface area contributed by atoms with Gasteiger partial charge in [-0.2, -0.15) is 0 Å². The van der Waals surface area contributed by atoms with Crippen LogP contribution in [0.4, 0.5) is 0 Å². The highest BCUT2D eigenvalue weighted by Gasteiger charge is 2.17.